The van der Waals surface area contributed by atoms with Gasteiger partial charge in [-0.3, -0.25) is 20.4 Å². The van der Waals surface area contributed by atoms with E-state index in [2.05, 4.69) is 11.7 Å². The highest BCUT2D eigenvalue weighted by molar-refractivity contribution is 5.93. The number of aliphatic carboxylic acids is 2. The van der Waals surface area contributed by atoms with Gasteiger partial charge in [0, 0.05) is 24.3 Å². The quantitative estimate of drug-likeness (QED) is 0.136. The molecule has 0 radical (unpaired) electrons. The molecule has 0 aliphatic rings. The van der Waals surface area contributed by atoms with E-state index in [0.717, 1.165) is 12.2 Å². The number of amides is 2. The van der Waals surface area contributed by atoms with E-state index in [1.165, 1.54) is 0 Å². The van der Waals surface area contributed by atoms with E-state index in [-0.39, 0.29) is 0 Å². The molecule has 10 heteroatoms. The number of carboxylic acid groups (broad SMARTS) is 2. The molecule has 0 unspecified atom stereocenters. The fraction of sp³-hybridized carbons (Fsp3) is 0. The number of carbonyl (C=O) groups is 4. The predicted molar refractivity (Wildman–Crippen MR) is 58.2 cm³/mol. The molecule has 8 N–H and O–H groups in total. The van der Waals surface area contributed by atoms with E-state index in [1.807, 2.05) is 0 Å². The lowest BCUT2D eigenvalue weighted by Gasteiger charge is -1.85. The minimum atomic E-state index is -1.18. The summed E-state index contributed by atoms with van der Waals surface area (Å²) in [5.74, 6) is 5.58. The van der Waals surface area contributed by atoms with Gasteiger partial charge in [0.1, 0.15) is 0 Å². The van der Waals surface area contributed by atoms with E-state index in [0.29, 0.717) is 12.2 Å². The van der Waals surface area contributed by atoms with E-state index < -0.39 is 23.8 Å². The largest absolute Gasteiger partial charge is 0.478 e. The molecule has 100 valence electrons. The predicted octanol–water partition coefficient (Wildman–Crippen LogP) is -2.77. The zero-order chi connectivity index (χ0) is 14.6. The lowest BCUT2D eigenvalue weighted by atomic mass is 10.5. The third-order valence-corrected chi connectivity index (χ3v) is 1.04. The van der Waals surface area contributed by atoms with Crippen LogP contribution in [0.2, 0.25) is 0 Å². The summed E-state index contributed by atoms with van der Waals surface area (Å²) in [7, 11) is 0. The lowest BCUT2D eigenvalue weighted by molar-refractivity contribution is -0.132. The third kappa shape index (κ3) is 15.7. The highest BCUT2D eigenvalue weighted by atomic mass is 16.4. The topological polar surface area (TPSA) is 185 Å². The smallest absolute Gasteiger partial charge is 0.328 e. The van der Waals surface area contributed by atoms with Crippen LogP contribution in [0.25, 0.3) is 0 Å². The Morgan fingerprint density at radius 1 is 0.722 bits per heavy atom. The van der Waals surface area contributed by atoms with Crippen molar-refractivity contribution in [1.82, 2.24) is 10.9 Å². The summed E-state index contributed by atoms with van der Waals surface area (Å²) >= 11 is 0. The van der Waals surface area contributed by atoms with Gasteiger partial charge in [0.05, 0.1) is 0 Å². The lowest BCUT2D eigenvalue weighted by Crippen LogP contribution is -2.28. The van der Waals surface area contributed by atoms with Crippen LogP contribution in [-0.2, 0) is 19.2 Å². The summed E-state index contributed by atoms with van der Waals surface area (Å²) in [5.41, 5.74) is 3.46. The SMILES string of the molecule is NNC(=O)C=CC(=O)O.NNC(=O)C=CC(=O)O. The van der Waals surface area contributed by atoms with Crippen LogP contribution in [0.4, 0.5) is 0 Å². The summed E-state index contributed by atoms with van der Waals surface area (Å²) < 4.78 is 0. The fourth-order valence-corrected chi connectivity index (χ4v) is 0.390. The number of carboxylic acids is 2. The van der Waals surface area contributed by atoms with E-state index >= 15 is 0 Å². The molecule has 0 saturated heterocycles. The van der Waals surface area contributed by atoms with E-state index in [4.69, 9.17) is 10.2 Å². The first-order valence-electron chi connectivity index (χ1n) is 4.16. The summed E-state index contributed by atoms with van der Waals surface area (Å²) in [6, 6.07) is 0. The standard InChI is InChI=1S/2C4H6N2O3/c2*5-6-3(7)1-2-4(8)9/h2*1-2H,5H2,(H,6,7)(H,8,9). The second-order valence-corrected chi connectivity index (χ2v) is 2.36. The fourth-order valence-electron chi connectivity index (χ4n) is 0.390. The van der Waals surface area contributed by atoms with Crippen molar-refractivity contribution in [2.75, 3.05) is 0 Å². The molecule has 0 aromatic heterocycles. The zero-order valence-corrected chi connectivity index (χ0v) is 8.99. The zero-order valence-electron chi connectivity index (χ0n) is 8.99. The monoisotopic (exact) mass is 260 g/mol. The van der Waals surface area contributed by atoms with Crippen molar-refractivity contribution in [3.05, 3.63) is 24.3 Å². The van der Waals surface area contributed by atoms with Crippen LogP contribution in [-0.4, -0.2) is 34.0 Å². The second-order valence-electron chi connectivity index (χ2n) is 2.36. The maximum Gasteiger partial charge on any atom is 0.328 e. The van der Waals surface area contributed by atoms with Gasteiger partial charge in [0.15, 0.2) is 0 Å². The highest BCUT2D eigenvalue weighted by Crippen LogP contribution is 1.70. The Hall–Kier alpha value is -2.72. The number of nitrogens with two attached hydrogens (primary N) is 2. The van der Waals surface area contributed by atoms with Crippen molar-refractivity contribution in [2.45, 2.75) is 0 Å². The molecule has 0 aliphatic carbocycles. The Morgan fingerprint density at radius 2 is 1.00 bits per heavy atom. The minimum Gasteiger partial charge on any atom is -0.478 e. The summed E-state index contributed by atoms with van der Waals surface area (Å²) in [4.78, 5) is 39.7. The van der Waals surface area contributed by atoms with Crippen LogP contribution in [0.3, 0.4) is 0 Å². The van der Waals surface area contributed by atoms with Crippen LogP contribution in [0, 0.1) is 0 Å². The van der Waals surface area contributed by atoms with Crippen LogP contribution in [0.1, 0.15) is 0 Å². The molecule has 0 rings (SSSR count). The molecule has 0 bridgehead atoms. The van der Waals surface area contributed by atoms with Crippen LogP contribution in [0.5, 0.6) is 0 Å². The number of rotatable bonds is 4. The molecule has 0 saturated carbocycles. The first-order valence-corrected chi connectivity index (χ1v) is 4.16. The molecule has 0 fully saturated rings. The highest BCUT2D eigenvalue weighted by Gasteiger charge is 1.90. The Balaban J connectivity index is 0. The maximum absolute atomic E-state index is 10.1. The van der Waals surface area contributed by atoms with Crippen molar-refractivity contribution >= 4 is 23.8 Å². The van der Waals surface area contributed by atoms with Crippen molar-refractivity contribution in [3.63, 3.8) is 0 Å². The van der Waals surface area contributed by atoms with E-state index in [9.17, 15) is 19.2 Å². The average Bonchev–Trinajstić information content (AvgIpc) is 2.33. The molecule has 18 heavy (non-hydrogen) atoms. The van der Waals surface area contributed by atoms with Crippen molar-refractivity contribution in [1.29, 1.82) is 0 Å². The van der Waals surface area contributed by atoms with Crippen molar-refractivity contribution < 1.29 is 29.4 Å². The molecule has 0 heterocycles. The van der Waals surface area contributed by atoms with Gasteiger partial charge in [0.25, 0.3) is 11.8 Å². The van der Waals surface area contributed by atoms with Gasteiger partial charge in [-0.25, -0.2) is 21.3 Å². The Kier molecular flexibility index (Phi) is 10.6. The summed E-state index contributed by atoms with van der Waals surface area (Å²) in [6.07, 6.45) is 3.04. The van der Waals surface area contributed by atoms with Gasteiger partial charge in [0.2, 0.25) is 0 Å². The first-order chi connectivity index (χ1) is 8.33. The second kappa shape index (κ2) is 10.8. The normalized spacial score (nSPS) is 9.44. The third-order valence-electron chi connectivity index (χ3n) is 1.04. The number of hydrazine groups is 2. The summed E-state index contributed by atoms with van der Waals surface area (Å²) in [6.45, 7) is 0. The Labute approximate surface area is 101 Å². The molecule has 0 spiro atoms. The van der Waals surface area contributed by atoms with E-state index in [1.54, 1.807) is 10.9 Å². The first kappa shape index (κ1) is 17.7. The number of carbonyl (C=O) groups excluding carboxylic acids is 2. The van der Waals surface area contributed by atoms with Gasteiger partial charge < -0.3 is 10.2 Å². The molecule has 0 aromatic carbocycles. The molecule has 10 nitrogen and oxygen atoms in total. The van der Waals surface area contributed by atoms with Gasteiger partial charge in [-0.15, -0.1) is 0 Å². The molecule has 0 atom stereocenters. The molecule has 0 aromatic rings. The number of hydrogen-bond donors (Lipinski definition) is 6. The molecular formula is C8H12N4O6. The van der Waals surface area contributed by atoms with Gasteiger partial charge in [-0.05, 0) is 0 Å². The molecular weight excluding hydrogens is 248 g/mol. The maximum atomic E-state index is 10.1. The van der Waals surface area contributed by atoms with Gasteiger partial charge >= 0.3 is 11.9 Å². The average molecular weight is 260 g/mol. The summed E-state index contributed by atoms with van der Waals surface area (Å²) in [5, 5.41) is 15.9. The van der Waals surface area contributed by atoms with Crippen molar-refractivity contribution in [2.24, 2.45) is 11.7 Å². The minimum absolute atomic E-state index is 0.641. The number of nitrogens with one attached hydrogen (secondary N) is 2. The molecule has 0 aliphatic heterocycles. The Bertz CT molecular complexity index is 340. The van der Waals surface area contributed by atoms with Gasteiger partial charge in [-0.1, -0.05) is 0 Å². The van der Waals surface area contributed by atoms with Crippen LogP contribution in [0.15, 0.2) is 24.3 Å². The van der Waals surface area contributed by atoms with Crippen molar-refractivity contribution in [3.8, 4) is 0 Å². The Morgan fingerprint density at radius 3 is 1.17 bits per heavy atom. The van der Waals surface area contributed by atoms with Crippen LogP contribution >= 0.6 is 0 Å². The number of hydrogen-bond acceptors (Lipinski definition) is 6. The van der Waals surface area contributed by atoms with Crippen LogP contribution < -0.4 is 22.5 Å². The molecule has 2 amide bonds. The van der Waals surface area contributed by atoms with Gasteiger partial charge in [-0.2, -0.15) is 0 Å².